The topological polar surface area (TPSA) is 3.24 Å². The molecule has 0 unspecified atom stereocenters. The van der Waals surface area contributed by atoms with Crippen LogP contribution in [-0.2, 0) is 6.42 Å². The average Bonchev–Trinajstić information content (AvgIpc) is 2.81. The highest BCUT2D eigenvalue weighted by Crippen LogP contribution is 2.41. The van der Waals surface area contributed by atoms with E-state index in [1.165, 1.54) is 86.9 Å². The predicted molar refractivity (Wildman–Crippen MR) is 137 cm³/mol. The molecule has 0 spiro atoms. The van der Waals surface area contributed by atoms with E-state index < -0.39 is 0 Å². The fourth-order valence-electron chi connectivity index (χ4n) is 5.01. The molecule has 5 aromatic rings. The van der Waals surface area contributed by atoms with Crippen molar-refractivity contribution in [3.05, 3.63) is 83.9 Å². The van der Waals surface area contributed by atoms with Crippen molar-refractivity contribution in [1.82, 2.24) is 0 Å². The smallest absolute Gasteiger partial charge is 0.0488 e. The first-order chi connectivity index (χ1) is 15.2. The highest BCUT2D eigenvalue weighted by atomic mass is 15.1. The van der Waals surface area contributed by atoms with Gasteiger partial charge < -0.3 is 4.90 Å². The Morgan fingerprint density at radius 3 is 2.03 bits per heavy atom. The van der Waals surface area contributed by atoms with Crippen LogP contribution in [0.3, 0.4) is 0 Å². The van der Waals surface area contributed by atoms with E-state index in [9.17, 15) is 0 Å². The fraction of sp³-hybridized carbons (Fsp3) is 0.267. The van der Waals surface area contributed by atoms with Gasteiger partial charge in [0.05, 0.1) is 0 Å². The molecule has 156 valence electrons. The molecule has 0 saturated carbocycles. The second kappa shape index (κ2) is 8.23. The molecule has 0 radical (unpaired) electrons. The van der Waals surface area contributed by atoms with Gasteiger partial charge in [0.25, 0.3) is 0 Å². The Kier molecular flexibility index (Phi) is 5.28. The molecule has 0 N–H and O–H groups in total. The summed E-state index contributed by atoms with van der Waals surface area (Å²) in [5.74, 6) is 0. The Morgan fingerprint density at radius 2 is 1.29 bits per heavy atom. The number of aryl methyl sites for hydroxylation is 2. The van der Waals surface area contributed by atoms with Crippen LogP contribution < -0.4 is 4.90 Å². The largest absolute Gasteiger partial charge is 0.344 e. The maximum Gasteiger partial charge on any atom is 0.0488 e. The Balaban J connectivity index is 1.53. The summed E-state index contributed by atoms with van der Waals surface area (Å²) in [5, 5.41) is 8.11. The summed E-state index contributed by atoms with van der Waals surface area (Å²) in [4.78, 5) is 2.33. The van der Waals surface area contributed by atoms with Crippen LogP contribution >= 0.6 is 0 Å². The van der Waals surface area contributed by atoms with Crippen LogP contribution in [0.2, 0.25) is 0 Å². The zero-order valence-electron chi connectivity index (χ0n) is 18.9. The molecule has 0 atom stereocenters. The molecule has 0 fully saturated rings. The number of rotatable bonds is 7. The van der Waals surface area contributed by atoms with E-state index in [-0.39, 0.29) is 0 Å². The summed E-state index contributed by atoms with van der Waals surface area (Å²) in [6, 6.07) is 27.3. The molecule has 1 nitrogen and oxygen atoms in total. The van der Waals surface area contributed by atoms with Crippen LogP contribution in [0.5, 0.6) is 0 Å². The molecule has 5 aromatic carbocycles. The number of hydrogen-bond acceptors (Lipinski definition) is 1. The van der Waals surface area contributed by atoms with E-state index in [0.29, 0.717) is 0 Å². The quantitative estimate of drug-likeness (QED) is 0.193. The van der Waals surface area contributed by atoms with Gasteiger partial charge in [-0.05, 0) is 76.0 Å². The highest BCUT2D eigenvalue weighted by molar-refractivity contribution is 6.25. The minimum atomic E-state index is 1.18. The summed E-state index contributed by atoms with van der Waals surface area (Å²) in [7, 11) is 2.19. The Morgan fingerprint density at radius 1 is 0.645 bits per heavy atom. The minimum absolute atomic E-state index is 1.18. The number of unbranched alkanes of at least 4 members (excludes halogenated alkanes) is 3. The summed E-state index contributed by atoms with van der Waals surface area (Å²) < 4.78 is 0. The molecule has 0 aliphatic carbocycles. The first kappa shape index (κ1) is 19.9. The van der Waals surface area contributed by atoms with Crippen molar-refractivity contribution in [2.75, 3.05) is 11.9 Å². The molecule has 5 rings (SSSR count). The molecule has 0 aliphatic rings. The van der Waals surface area contributed by atoms with Crippen molar-refractivity contribution in [2.24, 2.45) is 0 Å². The molecular weight excluding hydrogens is 374 g/mol. The third-order valence-electron chi connectivity index (χ3n) is 6.86. The molecule has 0 saturated heterocycles. The van der Waals surface area contributed by atoms with Crippen molar-refractivity contribution in [1.29, 1.82) is 0 Å². The van der Waals surface area contributed by atoms with E-state index in [4.69, 9.17) is 0 Å². The van der Waals surface area contributed by atoms with E-state index in [1.807, 2.05) is 0 Å². The number of hydrogen-bond donors (Lipinski definition) is 0. The second-order valence-corrected chi connectivity index (χ2v) is 8.93. The molecule has 0 aromatic heterocycles. The van der Waals surface area contributed by atoms with Crippen LogP contribution in [0.15, 0.2) is 72.8 Å². The van der Waals surface area contributed by atoms with Gasteiger partial charge in [-0.15, -0.1) is 0 Å². The summed E-state index contributed by atoms with van der Waals surface area (Å²) >= 11 is 0. The molecule has 31 heavy (non-hydrogen) atoms. The van der Waals surface area contributed by atoms with E-state index in [1.54, 1.807) is 0 Å². The Bertz CT molecular complexity index is 1330. The number of nitrogens with zero attached hydrogens (tertiary/aromatic N) is 1. The van der Waals surface area contributed by atoms with Crippen LogP contribution in [0.25, 0.3) is 32.3 Å². The first-order valence-electron chi connectivity index (χ1n) is 11.7. The standard InChI is InChI=1S/C30H31N/c1-4-5-6-7-8-22-10-16-25(17-11-22)31(3)28-20-15-24-13-18-26-21(2)9-12-23-14-19-27(28)30(24)29(23)26/h9-20H,4-8H2,1-3H3. The summed E-state index contributed by atoms with van der Waals surface area (Å²) in [6.07, 6.45) is 6.44. The van der Waals surface area contributed by atoms with Crippen LogP contribution in [-0.4, -0.2) is 7.05 Å². The molecular formula is C30H31N. The molecule has 0 bridgehead atoms. The lowest BCUT2D eigenvalue weighted by atomic mass is 9.91. The van der Waals surface area contributed by atoms with Crippen LogP contribution in [0, 0.1) is 6.92 Å². The van der Waals surface area contributed by atoms with E-state index in [0.717, 1.165) is 0 Å². The average molecular weight is 406 g/mol. The molecule has 1 heteroatoms. The third kappa shape index (κ3) is 3.53. The minimum Gasteiger partial charge on any atom is -0.344 e. The predicted octanol–water partition coefficient (Wildman–Crippen LogP) is 8.78. The zero-order chi connectivity index (χ0) is 21.4. The Labute approximate surface area is 185 Å². The second-order valence-electron chi connectivity index (χ2n) is 8.93. The van der Waals surface area contributed by atoms with Crippen LogP contribution in [0.4, 0.5) is 11.4 Å². The van der Waals surface area contributed by atoms with Gasteiger partial charge in [0.2, 0.25) is 0 Å². The van der Waals surface area contributed by atoms with Gasteiger partial charge in [-0.1, -0.05) is 80.8 Å². The van der Waals surface area contributed by atoms with Gasteiger partial charge in [-0.25, -0.2) is 0 Å². The van der Waals surface area contributed by atoms with Gasteiger partial charge in [-0.2, -0.15) is 0 Å². The first-order valence-corrected chi connectivity index (χ1v) is 11.7. The van der Waals surface area contributed by atoms with Gasteiger partial charge in [0.15, 0.2) is 0 Å². The molecule has 0 amide bonds. The van der Waals surface area contributed by atoms with E-state index in [2.05, 4.69) is 98.6 Å². The van der Waals surface area contributed by atoms with Crippen LogP contribution in [0.1, 0.15) is 43.7 Å². The normalized spacial score (nSPS) is 11.7. The summed E-state index contributed by atoms with van der Waals surface area (Å²) in [6.45, 7) is 4.48. The summed E-state index contributed by atoms with van der Waals surface area (Å²) in [5.41, 5.74) is 5.29. The van der Waals surface area contributed by atoms with Gasteiger partial charge in [0, 0.05) is 23.8 Å². The zero-order valence-corrected chi connectivity index (χ0v) is 18.9. The van der Waals surface area contributed by atoms with Crippen molar-refractivity contribution in [2.45, 2.75) is 46.0 Å². The van der Waals surface area contributed by atoms with Crippen molar-refractivity contribution in [3.63, 3.8) is 0 Å². The SMILES string of the molecule is CCCCCCc1ccc(N(C)c2ccc3ccc4c(C)ccc5ccc2c3c54)cc1. The van der Waals surface area contributed by atoms with Gasteiger partial charge in [0.1, 0.15) is 0 Å². The third-order valence-corrected chi connectivity index (χ3v) is 6.86. The molecule has 0 heterocycles. The fourth-order valence-corrected chi connectivity index (χ4v) is 5.01. The lowest BCUT2D eigenvalue weighted by molar-refractivity contribution is 0.667. The lowest BCUT2D eigenvalue weighted by Crippen LogP contribution is -2.10. The number of benzene rings is 5. The maximum absolute atomic E-state index is 2.33. The lowest BCUT2D eigenvalue weighted by Gasteiger charge is -2.23. The Hall–Kier alpha value is -3.06. The van der Waals surface area contributed by atoms with Crippen molar-refractivity contribution >= 4 is 43.7 Å². The highest BCUT2D eigenvalue weighted by Gasteiger charge is 2.14. The molecule has 0 aliphatic heterocycles. The van der Waals surface area contributed by atoms with Crippen molar-refractivity contribution < 1.29 is 0 Å². The van der Waals surface area contributed by atoms with Gasteiger partial charge in [-0.3, -0.25) is 0 Å². The monoisotopic (exact) mass is 405 g/mol. The van der Waals surface area contributed by atoms with Gasteiger partial charge >= 0.3 is 0 Å². The van der Waals surface area contributed by atoms with E-state index >= 15 is 0 Å². The van der Waals surface area contributed by atoms with Crippen molar-refractivity contribution in [3.8, 4) is 0 Å². The number of anilines is 2. The maximum atomic E-state index is 2.33.